The maximum atomic E-state index is 11.1. The van der Waals surface area contributed by atoms with Gasteiger partial charge in [-0.25, -0.2) is 4.79 Å². The molecular weight excluding hydrogens is 192 g/mol. The van der Waals surface area contributed by atoms with E-state index in [0.29, 0.717) is 0 Å². The number of benzene rings is 1. The molecule has 0 aliphatic rings. The Balaban J connectivity index is 3.07. The molecule has 3 nitrogen and oxygen atoms in total. The lowest BCUT2D eigenvalue weighted by atomic mass is 10.2. The summed E-state index contributed by atoms with van der Waals surface area (Å²) in [5, 5.41) is 9.44. The van der Waals surface area contributed by atoms with E-state index in [1.165, 1.54) is 12.1 Å². The fourth-order valence-electron chi connectivity index (χ4n) is 0.819. The van der Waals surface area contributed by atoms with Gasteiger partial charge in [-0.15, -0.1) is 0 Å². The quantitative estimate of drug-likeness (QED) is 0.586. The molecule has 0 spiro atoms. The van der Waals surface area contributed by atoms with Gasteiger partial charge in [0.15, 0.2) is 0 Å². The molecule has 4 heteroatoms. The zero-order chi connectivity index (χ0) is 9.84. The fraction of sp³-hybridized carbons (Fsp3) is 0. The number of hydrogen-bond acceptors (Lipinski definition) is 3. The van der Waals surface area contributed by atoms with E-state index >= 15 is 0 Å². The van der Waals surface area contributed by atoms with Gasteiger partial charge in [-0.05, 0) is 12.1 Å². The monoisotopic (exact) mass is 198 g/mol. The van der Waals surface area contributed by atoms with Crippen LogP contribution in [0.4, 0.5) is 0 Å². The van der Waals surface area contributed by atoms with Crippen LogP contribution >= 0.6 is 11.6 Å². The number of ether oxygens (including phenoxy) is 1. The van der Waals surface area contributed by atoms with Crippen molar-refractivity contribution in [3.63, 3.8) is 0 Å². The van der Waals surface area contributed by atoms with Gasteiger partial charge < -0.3 is 9.84 Å². The minimum atomic E-state index is -0.685. The Kier molecular flexibility index (Phi) is 2.93. The number of phenols is 1. The molecule has 0 bridgehead atoms. The Morgan fingerprint density at radius 2 is 2.31 bits per heavy atom. The van der Waals surface area contributed by atoms with Gasteiger partial charge in [0.25, 0.3) is 0 Å². The number of carbonyl (C=O) groups excluding carboxylic acids is 1. The van der Waals surface area contributed by atoms with E-state index in [1.54, 1.807) is 6.07 Å². The minimum Gasteiger partial charge on any atom is -0.505 e. The molecule has 1 aromatic rings. The molecule has 0 aliphatic heterocycles. The second-order valence-corrected chi connectivity index (χ2v) is 2.62. The molecule has 1 aromatic carbocycles. The zero-order valence-electron chi connectivity index (χ0n) is 6.66. The van der Waals surface area contributed by atoms with Crippen molar-refractivity contribution in [1.29, 1.82) is 0 Å². The van der Waals surface area contributed by atoms with Gasteiger partial charge in [0, 0.05) is 0 Å². The first kappa shape index (κ1) is 9.61. The molecule has 0 aromatic heterocycles. The largest absolute Gasteiger partial charge is 0.505 e. The van der Waals surface area contributed by atoms with Gasteiger partial charge in [0.2, 0.25) is 0 Å². The lowest BCUT2D eigenvalue weighted by Crippen LogP contribution is -2.00. The molecule has 1 rings (SSSR count). The molecular formula is C9H7ClO3. The van der Waals surface area contributed by atoms with Crippen molar-refractivity contribution < 1.29 is 14.6 Å². The Morgan fingerprint density at radius 1 is 1.62 bits per heavy atom. The average molecular weight is 199 g/mol. The molecule has 13 heavy (non-hydrogen) atoms. The highest BCUT2D eigenvalue weighted by Gasteiger charge is 2.13. The van der Waals surface area contributed by atoms with E-state index in [2.05, 4.69) is 11.3 Å². The highest BCUT2D eigenvalue weighted by molar-refractivity contribution is 6.32. The third kappa shape index (κ3) is 2.00. The first-order valence-corrected chi connectivity index (χ1v) is 3.84. The molecule has 0 fully saturated rings. The number of phenolic OH excluding ortho intramolecular Hbond substituents is 1. The topological polar surface area (TPSA) is 46.5 Å². The Labute approximate surface area is 80.2 Å². The van der Waals surface area contributed by atoms with Crippen LogP contribution in [0, 0.1) is 0 Å². The molecule has 0 saturated heterocycles. The maximum Gasteiger partial charge on any atom is 0.346 e. The highest BCUT2D eigenvalue weighted by atomic mass is 35.5. The van der Waals surface area contributed by atoms with Crippen LogP contribution in [0.5, 0.6) is 5.75 Å². The predicted molar refractivity (Wildman–Crippen MR) is 48.7 cm³/mol. The summed E-state index contributed by atoms with van der Waals surface area (Å²) >= 11 is 5.57. The summed E-state index contributed by atoms with van der Waals surface area (Å²) in [4.78, 5) is 11.1. The van der Waals surface area contributed by atoms with Gasteiger partial charge >= 0.3 is 5.97 Å². The smallest absolute Gasteiger partial charge is 0.346 e. The van der Waals surface area contributed by atoms with E-state index in [1.807, 2.05) is 0 Å². The Hall–Kier alpha value is -1.48. The summed E-state index contributed by atoms with van der Waals surface area (Å²) < 4.78 is 4.47. The van der Waals surface area contributed by atoms with Crippen molar-refractivity contribution in [2.75, 3.05) is 0 Å². The van der Waals surface area contributed by atoms with Crippen molar-refractivity contribution in [3.05, 3.63) is 41.6 Å². The summed E-state index contributed by atoms with van der Waals surface area (Å²) in [7, 11) is 0. The lowest BCUT2D eigenvalue weighted by Gasteiger charge is -2.02. The summed E-state index contributed by atoms with van der Waals surface area (Å²) in [6.07, 6.45) is 0.989. The van der Waals surface area contributed by atoms with Crippen LogP contribution < -0.4 is 0 Å². The van der Waals surface area contributed by atoms with Gasteiger partial charge in [0.1, 0.15) is 11.3 Å². The third-order valence-electron chi connectivity index (χ3n) is 1.40. The second kappa shape index (κ2) is 3.96. The minimum absolute atomic E-state index is 0.0207. The normalized spacial score (nSPS) is 9.31. The predicted octanol–water partition coefficient (Wildman–Crippen LogP) is 2.35. The molecule has 0 atom stereocenters. The summed E-state index contributed by atoms with van der Waals surface area (Å²) in [5.41, 5.74) is 0.0207. The van der Waals surface area contributed by atoms with Crippen molar-refractivity contribution in [1.82, 2.24) is 0 Å². The lowest BCUT2D eigenvalue weighted by molar-refractivity contribution is 0.0661. The first-order chi connectivity index (χ1) is 6.16. The SMILES string of the molecule is C=COC(=O)c1cccc(Cl)c1O. The summed E-state index contributed by atoms with van der Waals surface area (Å²) in [6.45, 7) is 3.22. The number of hydrogen-bond donors (Lipinski definition) is 1. The third-order valence-corrected chi connectivity index (χ3v) is 1.70. The van der Waals surface area contributed by atoms with Crippen molar-refractivity contribution in [3.8, 4) is 5.75 Å². The molecule has 0 saturated carbocycles. The van der Waals surface area contributed by atoms with Crippen molar-refractivity contribution >= 4 is 17.6 Å². The number of carbonyl (C=O) groups is 1. The van der Waals surface area contributed by atoms with E-state index in [-0.39, 0.29) is 16.3 Å². The summed E-state index contributed by atoms with van der Waals surface area (Å²) in [5.74, 6) is -0.967. The number of para-hydroxylation sites is 1. The van der Waals surface area contributed by atoms with Crippen LogP contribution in [-0.4, -0.2) is 11.1 Å². The highest BCUT2D eigenvalue weighted by Crippen LogP contribution is 2.27. The molecule has 0 amide bonds. The van der Waals surface area contributed by atoms with Crippen LogP contribution in [0.1, 0.15) is 10.4 Å². The maximum absolute atomic E-state index is 11.1. The van der Waals surface area contributed by atoms with E-state index in [0.717, 1.165) is 6.26 Å². The van der Waals surface area contributed by atoms with Crippen LogP contribution in [0.15, 0.2) is 31.0 Å². The molecule has 0 aliphatic carbocycles. The van der Waals surface area contributed by atoms with Crippen LogP contribution in [0.25, 0.3) is 0 Å². The number of aromatic hydroxyl groups is 1. The number of rotatable bonds is 2. The van der Waals surface area contributed by atoms with Gasteiger partial charge in [-0.2, -0.15) is 0 Å². The van der Waals surface area contributed by atoms with Gasteiger partial charge in [-0.3, -0.25) is 0 Å². The molecule has 1 N–H and O–H groups in total. The number of esters is 1. The zero-order valence-corrected chi connectivity index (χ0v) is 7.41. The van der Waals surface area contributed by atoms with Gasteiger partial charge in [0.05, 0.1) is 11.3 Å². The Morgan fingerprint density at radius 3 is 2.92 bits per heavy atom. The summed E-state index contributed by atoms with van der Waals surface area (Å²) in [6, 6.07) is 4.43. The Bertz CT molecular complexity index is 347. The standard InChI is InChI=1S/C9H7ClO3/c1-2-13-9(12)6-4-3-5-7(10)8(6)11/h2-5,11H,1H2. The number of halogens is 1. The van der Waals surface area contributed by atoms with E-state index < -0.39 is 5.97 Å². The van der Waals surface area contributed by atoms with Crippen LogP contribution in [-0.2, 0) is 4.74 Å². The van der Waals surface area contributed by atoms with Crippen LogP contribution in [0.2, 0.25) is 5.02 Å². The molecule has 0 heterocycles. The van der Waals surface area contributed by atoms with Crippen molar-refractivity contribution in [2.24, 2.45) is 0 Å². The average Bonchev–Trinajstić information content (AvgIpc) is 2.10. The second-order valence-electron chi connectivity index (χ2n) is 2.21. The first-order valence-electron chi connectivity index (χ1n) is 3.46. The molecule has 0 radical (unpaired) electrons. The van der Waals surface area contributed by atoms with E-state index in [4.69, 9.17) is 11.6 Å². The van der Waals surface area contributed by atoms with Crippen LogP contribution in [0.3, 0.4) is 0 Å². The molecule has 68 valence electrons. The van der Waals surface area contributed by atoms with Gasteiger partial charge in [-0.1, -0.05) is 24.2 Å². The van der Waals surface area contributed by atoms with E-state index in [9.17, 15) is 9.90 Å². The molecule has 0 unspecified atom stereocenters. The van der Waals surface area contributed by atoms with Crippen molar-refractivity contribution in [2.45, 2.75) is 0 Å². The fourth-order valence-corrected chi connectivity index (χ4v) is 0.994.